The first-order valence-corrected chi connectivity index (χ1v) is 8.26. The van der Waals surface area contributed by atoms with Gasteiger partial charge in [-0.15, -0.1) is 0 Å². The van der Waals surface area contributed by atoms with Crippen LogP contribution in [0.15, 0.2) is 48.5 Å². The van der Waals surface area contributed by atoms with E-state index in [-0.39, 0.29) is 11.8 Å². The SMILES string of the molecule is COCCOc1ccccc1NC(=O)N(C)Cc1ccc(OC(F)F)cc1. The second kappa shape index (κ2) is 10.3. The first-order valence-electron chi connectivity index (χ1n) is 8.26. The van der Waals surface area contributed by atoms with Crippen molar-refractivity contribution < 1.29 is 27.8 Å². The van der Waals surface area contributed by atoms with Crippen LogP contribution in [-0.4, -0.2) is 44.9 Å². The summed E-state index contributed by atoms with van der Waals surface area (Å²) in [4.78, 5) is 13.9. The van der Waals surface area contributed by atoms with Gasteiger partial charge in [0.1, 0.15) is 18.1 Å². The Balaban J connectivity index is 1.94. The van der Waals surface area contributed by atoms with Crippen LogP contribution in [0.5, 0.6) is 11.5 Å². The lowest BCUT2D eigenvalue weighted by molar-refractivity contribution is -0.0498. The molecule has 0 unspecified atom stereocenters. The van der Waals surface area contributed by atoms with Crippen molar-refractivity contribution in [1.29, 1.82) is 0 Å². The number of hydrogen-bond donors (Lipinski definition) is 1. The van der Waals surface area contributed by atoms with Crippen molar-refractivity contribution in [3.8, 4) is 11.5 Å². The van der Waals surface area contributed by atoms with E-state index < -0.39 is 6.61 Å². The van der Waals surface area contributed by atoms with Gasteiger partial charge in [-0.2, -0.15) is 8.78 Å². The highest BCUT2D eigenvalue weighted by molar-refractivity contribution is 5.90. The zero-order valence-corrected chi connectivity index (χ0v) is 15.2. The maximum absolute atomic E-state index is 12.4. The minimum Gasteiger partial charge on any atom is -0.489 e. The fraction of sp³-hybridized carbons (Fsp3) is 0.316. The Morgan fingerprint density at radius 3 is 2.48 bits per heavy atom. The number of carbonyl (C=O) groups excluding carboxylic acids is 1. The summed E-state index contributed by atoms with van der Waals surface area (Å²) in [5.74, 6) is 0.618. The van der Waals surface area contributed by atoms with Crippen LogP contribution in [0.1, 0.15) is 5.56 Å². The number of benzene rings is 2. The Hall–Kier alpha value is -2.87. The average Bonchev–Trinajstić information content (AvgIpc) is 2.64. The Labute approximate surface area is 156 Å². The maximum atomic E-state index is 12.4. The maximum Gasteiger partial charge on any atom is 0.387 e. The topological polar surface area (TPSA) is 60.0 Å². The second-order valence-electron chi connectivity index (χ2n) is 5.65. The lowest BCUT2D eigenvalue weighted by Gasteiger charge is -2.19. The van der Waals surface area contributed by atoms with Gasteiger partial charge in [0, 0.05) is 20.7 Å². The molecule has 0 fully saturated rings. The number of nitrogens with one attached hydrogen (secondary N) is 1. The fourth-order valence-electron chi connectivity index (χ4n) is 2.26. The minimum absolute atomic E-state index is 0.0722. The summed E-state index contributed by atoms with van der Waals surface area (Å²) >= 11 is 0. The van der Waals surface area contributed by atoms with Gasteiger partial charge in [0.15, 0.2) is 0 Å². The molecule has 2 amide bonds. The predicted octanol–water partition coefficient (Wildman–Crippen LogP) is 3.98. The van der Waals surface area contributed by atoms with Crippen molar-refractivity contribution in [1.82, 2.24) is 4.90 Å². The summed E-state index contributed by atoms with van der Waals surface area (Å²) in [5, 5.41) is 2.79. The van der Waals surface area contributed by atoms with Gasteiger partial charge in [-0.3, -0.25) is 0 Å². The van der Waals surface area contributed by atoms with Crippen LogP contribution < -0.4 is 14.8 Å². The van der Waals surface area contributed by atoms with E-state index in [9.17, 15) is 13.6 Å². The lowest BCUT2D eigenvalue weighted by atomic mass is 10.2. The molecule has 0 aliphatic heterocycles. The largest absolute Gasteiger partial charge is 0.489 e. The highest BCUT2D eigenvalue weighted by Crippen LogP contribution is 2.24. The Kier molecular flexibility index (Phi) is 7.81. The summed E-state index contributed by atoms with van der Waals surface area (Å²) in [6.45, 7) is -1.76. The van der Waals surface area contributed by atoms with Crippen molar-refractivity contribution in [2.45, 2.75) is 13.2 Å². The summed E-state index contributed by atoms with van der Waals surface area (Å²) in [6.07, 6.45) is 0. The van der Waals surface area contributed by atoms with Gasteiger partial charge >= 0.3 is 12.6 Å². The third kappa shape index (κ3) is 6.74. The second-order valence-corrected chi connectivity index (χ2v) is 5.65. The number of urea groups is 1. The highest BCUT2D eigenvalue weighted by atomic mass is 19.3. The average molecular weight is 380 g/mol. The van der Waals surface area contributed by atoms with E-state index in [1.807, 2.05) is 6.07 Å². The Morgan fingerprint density at radius 1 is 1.11 bits per heavy atom. The molecule has 27 heavy (non-hydrogen) atoms. The summed E-state index contributed by atoms with van der Waals surface area (Å²) in [6, 6.07) is 12.9. The highest BCUT2D eigenvalue weighted by Gasteiger charge is 2.13. The molecule has 0 bridgehead atoms. The number of alkyl halides is 2. The Morgan fingerprint density at radius 2 is 1.81 bits per heavy atom. The smallest absolute Gasteiger partial charge is 0.387 e. The molecule has 2 aromatic carbocycles. The summed E-state index contributed by atoms with van der Waals surface area (Å²) in [5.41, 5.74) is 1.32. The van der Waals surface area contributed by atoms with Gasteiger partial charge in [-0.05, 0) is 29.8 Å². The molecule has 2 rings (SSSR count). The zero-order valence-electron chi connectivity index (χ0n) is 15.2. The van der Waals surface area contributed by atoms with E-state index in [0.29, 0.717) is 31.2 Å². The zero-order chi connectivity index (χ0) is 19.6. The van der Waals surface area contributed by atoms with Crippen molar-refractivity contribution in [3.05, 3.63) is 54.1 Å². The molecule has 146 valence electrons. The van der Waals surface area contributed by atoms with Gasteiger partial charge < -0.3 is 24.4 Å². The van der Waals surface area contributed by atoms with Gasteiger partial charge in [-0.25, -0.2) is 4.79 Å². The molecule has 6 nitrogen and oxygen atoms in total. The molecule has 0 saturated heterocycles. The quantitative estimate of drug-likeness (QED) is 0.669. The molecule has 0 saturated carbocycles. The number of nitrogens with zero attached hydrogens (tertiary/aromatic N) is 1. The number of ether oxygens (including phenoxy) is 3. The number of anilines is 1. The summed E-state index contributed by atoms with van der Waals surface area (Å²) < 4.78 is 39.2. The molecule has 0 aliphatic rings. The molecule has 2 aromatic rings. The van der Waals surface area contributed by atoms with Crippen molar-refractivity contribution >= 4 is 11.7 Å². The number of amides is 2. The van der Waals surface area contributed by atoms with Crippen LogP contribution in [0.4, 0.5) is 19.3 Å². The lowest BCUT2D eigenvalue weighted by Crippen LogP contribution is -2.31. The van der Waals surface area contributed by atoms with Crippen LogP contribution in [-0.2, 0) is 11.3 Å². The van der Waals surface area contributed by atoms with E-state index >= 15 is 0 Å². The standard InChI is InChI=1S/C19H22F2N2O4/c1-23(13-14-7-9-15(10-8-14)27-18(20)21)19(24)22-16-5-3-4-6-17(16)26-12-11-25-2/h3-10,18H,11-13H2,1-2H3,(H,22,24). The van der Waals surface area contributed by atoms with Crippen LogP contribution in [0.25, 0.3) is 0 Å². The third-order valence-electron chi connectivity index (χ3n) is 3.59. The van der Waals surface area contributed by atoms with E-state index in [4.69, 9.17) is 9.47 Å². The molecule has 0 aliphatic carbocycles. The van der Waals surface area contributed by atoms with Crippen molar-refractivity contribution in [2.24, 2.45) is 0 Å². The number of halogens is 2. The number of hydrogen-bond acceptors (Lipinski definition) is 4. The predicted molar refractivity (Wildman–Crippen MR) is 97.4 cm³/mol. The minimum atomic E-state index is -2.87. The van der Waals surface area contributed by atoms with E-state index in [1.165, 1.54) is 17.0 Å². The third-order valence-corrected chi connectivity index (χ3v) is 3.59. The van der Waals surface area contributed by atoms with E-state index in [1.54, 1.807) is 44.5 Å². The van der Waals surface area contributed by atoms with Gasteiger partial charge in [0.2, 0.25) is 0 Å². The summed E-state index contributed by atoms with van der Waals surface area (Å²) in [7, 11) is 3.21. The van der Waals surface area contributed by atoms with Gasteiger partial charge in [0.05, 0.1) is 12.3 Å². The fourth-order valence-corrected chi connectivity index (χ4v) is 2.26. The molecule has 0 heterocycles. The van der Waals surface area contributed by atoms with E-state index in [0.717, 1.165) is 5.56 Å². The molecule has 0 spiro atoms. The van der Waals surface area contributed by atoms with Crippen LogP contribution >= 0.6 is 0 Å². The molecule has 0 atom stereocenters. The van der Waals surface area contributed by atoms with Crippen LogP contribution in [0.2, 0.25) is 0 Å². The normalized spacial score (nSPS) is 10.6. The van der Waals surface area contributed by atoms with Crippen molar-refractivity contribution in [3.63, 3.8) is 0 Å². The first kappa shape index (κ1) is 20.4. The molecule has 0 aromatic heterocycles. The number of methoxy groups -OCH3 is 1. The molecular formula is C19H22F2N2O4. The molecule has 0 radical (unpaired) electrons. The van der Waals surface area contributed by atoms with Crippen LogP contribution in [0.3, 0.4) is 0 Å². The van der Waals surface area contributed by atoms with Crippen LogP contribution in [0, 0.1) is 0 Å². The number of rotatable bonds is 9. The van der Waals surface area contributed by atoms with Crippen molar-refractivity contribution in [2.75, 3.05) is 32.7 Å². The number of carbonyl (C=O) groups is 1. The molecule has 8 heteroatoms. The monoisotopic (exact) mass is 380 g/mol. The van der Waals surface area contributed by atoms with E-state index in [2.05, 4.69) is 10.1 Å². The molecule has 1 N–H and O–H groups in total. The van der Waals surface area contributed by atoms with Gasteiger partial charge in [-0.1, -0.05) is 24.3 Å². The number of para-hydroxylation sites is 2. The Bertz CT molecular complexity index is 726. The van der Waals surface area contributed by atoms with Gasteiger partial charge in [0.25, 0.3) is 0 Å². The molecular weight excluding hydrogens is 358 g/mol. The first-order chi connectivity index (χ1) is 13.0.